The second-order valence-electron chi connectivity index (χ2n) is 8.25. The molecule has 0 saturated carbocycles. The molecule has 2 aliphatic rings. The Bertz CT molecular complexity index is 1140. The highest BCUT2D eigenvalue weighted by Crippen LogP contribution is 2.28. The molecule has 2 aromatic carbocycles. The maximum Gasteiger partial charge on any atom is 0.251 e. The van der Waals surface area contributed by atoms with E-state index in [-0.39, 0.29) is 5.56 Å². The van der Waals surface area contributed by atoms with Gasteiger partial charge in [-0.2, -0.15) is 0 Å². The van der Waals surface area contributed by atoms with Crippen molar-refractivity contribution in [1.82, 2.24) is 10.3 Å². The first-order chi connectivity index (χ1) is 14.2. The number of pyridine rings is 1. The first-order valence-corrected chi connectivity index (χ1v) is 10.9. The van der Waals surface area contributed by atoms with E-state index in [4.69, 9.17) is 11.6 Å². The van der Waals surface area contributed by atoms with Crippen LogP contribution in [0.2, 0.25) is 5.02 Å². The van der Waals surface area contributed by atoms with Crippen LogP contribution in [0.1, 0.15) is 41.5 Å². The molecule has 1 unspecified atom stereocenters. The molecular weight excluding hydrogens is 380 g/mol. The molecule has 0 radical (unpaired) electrons. The molecule has 4 heteroatoms. The number of halogens is 1. The molecule has 1 aromatic heterocycles. The van der Waals surface area contributed by atoms with E-state index in [2.05, 4.69) is 46.7 Å². The van der Waals surface area contributed by atoms with Gasteiger partial charge < -0.3 is 10.3 Å². The number of aromatic nitrogens is 1. The van der Waals surface area contributed by atoms with E-state index in [9.17, 15) is 4.79 Å². The van der Waals surface area contributed by atoms with Gasteiger partial charge in [0, 0.05) is 34.1 Å². The lowest BCUT2D eigenvalue weighted by atomic mass is 9.88. The van der Waals surface area contributed by atoms with Gasteiger partial charge in [-0.05, 0) is 79.0 Å². The van der Waals surface area contributed by atoms with Crippen molar-refractivity contribution in [3.63, 3.8) is 0 Å². The van der Waals surface area contributed by atoms with Gasteiger partial charge in [0.1, 0.15) is 0 Å². The van der Waals surface area contributed by atoms with Crippen LogP contribution >= 0.6 is 11.6 Å². The molecular formula is C25H25ClN2O. The summed E-state index contributed by atoms with van der Waals surface area (Å²) in [4.78, 5) is 15.7. The van der Waals surface area contributed by atoms with Crippen LogP contribution in [0.5, 0.6) is 0 Å². The minimum Gasteiger partial charge on any atom is -0.322 e. The summed E-state index contributed by atoms with van der Waals surface area (Å²) in [5.74, 6) is 0. The van der Waals surface area contributed by atoms with E-state index in [0.29, 0.717) is 6.04 Å². The summed E-state index contributed by atoms with van der Waals surface area (Å²) in [5.41, 5.74) is 7.24. The maximum atomic E-state index is 12.5. The Hall–Kier alpha value is -2.36. The normalized spacial score (nSPS) is 19.1. The number of nitrogens with one attached hydrogen (secondary N) is 2. The number of fused-ring (bicyclic) bond motifs is 3. The van der Waals surface area contributed by atoms with Gasteiger partial charge in [-0.1, -0.05) is 41.9 Å². The largest absolute Gasteiger partial charge is 0.322 e. The number of rotatable bonds is 3. The van der Waals surface area contributed by atoms with Crippen LogP contribution in [0, 0.1) is 0 Å². The zero-order chi connectivity index (χ0) is 19.8. The summed E-state index contributed by atoms with van der Waals surface area (Å²) in [6, 6.07) is 15.1. The van der Waals surface area contributed by atoms with E-state index < -0.39 is 0 Å². The summed E-state index contributed by atoms with van der Waals surface area (Å²) in [6.07, 6.45) is 8.43. The van der Waals surface area contributed by atoms with Crippen molar-refractivity contribution < 1.29 is 0 Å². The lowest BCUT2D eigenvalue weighted by Gasteiger charge is -2.25. The number of benzene rings is 2. The van der Waals surface area contributed by atoms with Crippen molar-refractivity contribution in [2.75, 3.05) is 6.54 Å². The highest BCUT2D eigenvalue weighted by Gasteiger charge is 2.19. The van der Waals surface area contributed by atoms with Crippen molar-refractivity contribution in [2.45, 2.75) is 44.6 Å². The first kappa shape index (κ1) is 18.7. The van der Waals surface area contributed by atoms with Gasteiger partial charge in [-0.3, -0.25) is 4.79 Å². The zero-order valence-electron chi connectivity index (χ0n) is 16.4. The monoisotopic (exact) mass is 404 g/mol. The van der Waals surface area contributed by atoms with Crippen molar-refractivity contribution in [3.05, 3.63) is 86.2 Å². The molecule has 0 spiro atoms. The highest BCUT2D eigenvalue weighted by molar-refractivity contribution is 6.30. The molecule has 0 amide bonds. The number of hydrogen-bond acceptors (Lipinski definition) is 2. The van der Waals surface area contributed by atoms with E-state index in [0.717, 1.165) is 54.8 Å². The Morgan fingerprint density at radius 1 is 1.00 bits per heavy atom. The molecule has 0 bridgehead atoms. The number of hydrogen-bond donors (Lipinski definition) is 2. The molecule has 1 aliphatic carbocycles. The Morgan fingerprint density at radius 2 is 1.79 bits per heavy atom. The predicted molar refractivity (Wildman–Crippen MR) is 121 cm³/mol. The smallest absolute Gasteiger partial charge is 0.251 e. The molecule has 5 rings (SSSR count). The average Bonchev–Trinajstić information content (AvgIpc) is 2.74. The minimum atomic E-state index is 0.105. The van der Waals surface area contributed by atoms with Gasteiger partial charge in [0.2, 0.25) is 0 Å². The second-order valence-corrected chi connectivity index (χ2v) is 8.68. The second kappa shape index (κ2) is 7.81. The van der Waals surface area contributed by atoms with Crippen molar-refractivity contribution in [2.24, 2.45) is 0 Å². The highest BCUT2D eigenvalue weighted by atomic mass is 35.5. The van der Waals surface area contributed by atoms with Crippen LogP contribution in [-0.4, -0.2) is 17.6 Å². The van der Waals surface area contributed by atoms with Crippen LogP contribution in [0.25, 0.3) is 16.5 Å². The number of aryl methyl sites for hydroxylation is 1. The van der Waals surface area contributed by atoms with Crippen LogP contribution < -0.4 is 10.9 Å². The van der Waals surface area contributed by atoms with Crippen molar-refractivity contribution >= 4 is 28.1 Å². The summed E-state index contributed by atoms with van der Waals surface area (Å²) < 4.78 is 0. The molecule has 0 fully saturated rings. The molecule has 2 heterocycles. The van der Waals surface area contributed by atoms with Crippen molar-refractivity contribution in [1.29, 1.82) is 0 Å². The lowest BCUT2D eigenvalue weighted by molar-refractivity contribution is 0.533. The summed E-state index contributed by atoms with van der Waals surface area (Å²) in [5, 5.41) is 5.61. The van der Waals surface area contributed by atoms with Crippen LogP contribution in [0.3, 0.4) is 0 Å². The van der Waals surface area contributed by atoms with E-state index in [1.807, 2.05) is 12.1 Å². The molecule has 2 N–H and O–H groups in total. The SMILES string of the molecule is O=c1[nH]c2cc(CC3CC(c4ccc(Cl)cc4)=CCN3)ccc2c2c1CCCC2. The minimum absolute atomic E-state index is 0.105. The van der Waals surface area contributed by atoms with Crippen LogP contribution in [0.4, 0.5) is 0 Å². The molecule has 1 atom stereocenters. The van der Waals surface area contributed by atoms with E-state index in [1.165, 1.54) is 34.1 Å². The van der Waals surface area contributed by atoms with E-state index in [1.54, 1.807) is 0 Å². The Kier molecular flexibility index (Phi) is 5.03. The molecule has 0 saturated heterocycles. The fourth-order valence-electron chi connectivity index (χ4n) is 4.83. The predicted octanol–water partition coefficient (Wildman–Crippen LogP) is 5.05. The van der Waals surface area contributed by atoms with Crippen LogP contribution in [0.15, 0.2) is 53.3 Å². The van der Waals surface area contributed by atoms with Gasteiger partial charge in [0.25, 0.3) is 5.56 Å². The topological polar surface area (TPSA) is 44.9 Å². The standard InChI is InChI=1S/C25H25ClN2O/c26-19-8-6-17(7-9-19)18-11-12-27-20(15-18)13-16-5-10-22-21-3-1-2-4-23(21)25(29)28-24(22)14-16/h5-11,14,20,27H,1-4,12-13,15H2,(H,28,29). The average molecular weight is 405 g/mol. The summed E-state index contributed by atoms with van der Waals surface area (Å²) in [6.45, 7) is 0.876. The Morgan fingerprint density at radius 3 is 2.62 bits per heavy atom. The van der Waals surface area contributed by atoms with Crippen molar-refractivity contribution in [3.8, 4) is 0 Å². The number of aromatic amines is 1. The van der Waals surface area contributed by atoms with Gasteiger partial charge >= 0.3 is 0 Å². The molecule has 148 valence electrons. The third-order valence-electron chi connectivity index (χ3n) is 6.32. The maximum absolute atomic E-state index is 12.5. The number of H-pyrrole nitrogens is 1. The molecule has 3 nitrogen and oxygen atoms in total. The lowest BCUT2D eigenvalue weighted by Crippen LogP contribution is -2.34. The Labute approximate surface area is 175 Å². The fraction of sp³-hybridized carbons (Fsp3) is 0.320. The molecule has 1 aliphatic heterocycles. The third kappa shape index (κ3) is 3.77. The quantitative estimate of drug-likeness (QED) is 0.641. The van der Waals surface area contributed by atoms with Gasteiger partial charge in [0.05, 0.1) is 0 Å². The Balaban J connectivity index is 1.38. The van der Waals surface area contributed by atoms with Gasteiger partial charge in [-0.25, -0.2) is 0 Å². The fourth-order valence-corrected chi connectivity index (χ4v) is 4.96. The summed E-state index contributed by atoms with van der Waals surface area (Å²) in [7, 11) is 0. The van der Waals surface area contributed by atoms with Gasteiger partial charge in [-0.15, -0.1) is 0 Å². The molecule has 29 heavy (non-hydrogen) atoms. The first-order valence-electron chi connectivity index (χ1n) is 10.5. The molecule has 3 aromatic rings. The van der Waals surface area contributed by atoms with E-state index >= 15 is 0 Å². The summed E-state index contributed by atoms with van der Waals surface area (Å²) >= 11 is 6.03. The third-order valence-corrected chi connectivity index (χ3v) is 6.57. The van der Waals surface area contributed by atoms with Crippen LogP contribution in [-0.2, 0) is 19.3 Å². The van der Waals surface area contributed by atoms with Gasteiger partial charge in [0.15, 0.2) is 0 Å². The zero-order valence-corrected chi connectivity index (χ0v) is 17.2.